The Labute approximate surface area is 90.5 Å². The van der Waals surface area contributed by atoms with Crippen molar-refractivity contribution in [3.8, 4) is 0 Å². The summed E-state index contributed by atoms with van der Waals surface area (Å²) < 4.78 is 0. The quantitative estimate of drug-likeness (QED) is 0.786. The summed E-state index contributed by atoms with van der Waals surface area (Å²) >= 11 is 1.88. The van der Waals surface area contributed by atoms with Crippen LogP contribution in [0.3, 0.4) is 0 Å². The first-order chi connectivity index (χ1) is 6.81. The molecule has 1 aromatic heterocycles. The SMILES string of the molecule is CNC(Cc1cccs1)C(C)C1CC1. The normalized spacial score (nSPS) is 20.7. The maximum absolute atomic E-state index is 3.47. The molecule has 2 unspecified atom stereocenters. The number of rotatable bonds is 5. The fraction of sp³-hybridized carbons (Fsp3) is 0.667. The van der Waals surface area contributed by atoms with E-state index in [0.717, 1.165) is 11.8 Å². The Hall–Kier alpha value is -0.340. The number of thiophene rings is 1. The van der Waals surface area contributed by atoms with Crippen molar-refractivity contribution >= 4 is 11.3 Å². The molecule has 1 nitrogen and oxygen atoms in total. The van der Waals surface area contributed by atoms with Crippen LogP contribution in [0.4, 0.5) is 0 Å². The molecule has 1 fully saturated rings. The standard InChI is InChI=1S/C12H19NS/c1-9(10-5-6-10)12(13-2)8-11-4-3-7-14-11/h3-4,7,9-10,12-13H,5-6,8H2,1-2H3. The lowest BCUT2D eigenvalue weighted by molar-refractivity contribution is 0.359. The van der Waals surface area contributed by atoms with Gasteiger partial charge in [-0.1, -0.05) is 13.0 Å². The summed E-state index contributed by atoms with van der Waals surface area (Å²) in [6.07, 6.45) is 4.10. The minimum atomic E-state index is 0.668. The van der Waals surface area contributed by atoms with E-state index in [1.807, 2.05) is 11.3 Å². The van der Waals surface area contributed by atoms with Gasteiger partial charge in [0.2, 0.25) is 0 Å². The van der Waals surface area contributed by atoms with Crippen LogP contribution in [0.5, 0.6) is 0 Å². The van der Waals surface area contributed by atoms with Crippen LogP contribution in [0, 0.1) is 11.8 Å². The van der Waals surface area contributed by atoms with Crippen LogP contribution in [0.2, 0.25) is 0 Å². The van der Waals surface area contributed by atoms with Gasteiger partial charge in [-0.3, -0.25) is 0 Å². The molecule has 0 bridgehead atoms. The molecule has 0 radical (unpaired) electrons. The van der Waals surface area contributed by atoms with Gasteiger partial charge in [0.15, 0.2) is 0 Å². The van der Waals surface area contributed by atoms with E-state index in [-0.39, 0.29) is 0 Å². The molecule has 0 aromatic carbocycles. The lowest BCUT2D eigenvalue weighted by Gasteiger charge is -2.22. The summed E-state index contributed by atoms with van der Waals surface area (Å²) in [6.45, 7) is 2.40. The topological polar surface area (TPSA) is 12.0 Å². The van der Waals surface area contributed by atoms with E-state index in [2.05, 4.69) is 36.8 Å². The fourth-order valence-corrected chi connectivity index (χ4v) is 2.91. The van der Waals surface area contributed by atoms with E-state index < -0.39 is 0 Å². The largest absolute Gasteiger partial charge is 0.316 e. The number of nitrogens with one attached hydrogen (secondary N) is 1. The minimum Gasteiger partial charge on any atom is -0.316 e. The molecule has 0 amide bonds. The third-order valence-corrected chi connectivity index (χ3v) is 4.27. The molecule has 78 valence electrons. The number of hydrogen-bond acceptors (Lipinski definition) is 2. The van der Waals surface area contributed by atoms with Gasteiger partial charge in [-0.15, -0.1) is 11.3 Å². The summed E-state index contributed by atoms with van der Waals surface area (Å²) in [7, 11) is 2.09. The zero-order chi connectivity index (χ0) is 9.97. The van der Waals surface area contributed by atoms with Crippen molar-refractivity contribution in [3.05, 3.63) is 22.4 Å². The summed E-state index contributed by atoms with van der Waals surface area (Å²) in [5, 5.41) is 5.64. The predicted molar refractivity (Wildman–Crippen MR) is 62.8 cm³/mol. The van der Waals surface area contributed by atoms with Crippen LogP contribution in [-0.4, -0.2) is 13.1 Å². The summed E-state index contributed by atoms with van der Waals surface area (Å²) in [4.78, 5) is 1.51. The van der Waals surface area contributed by atoms with Crippen molar-refractivity contribution < 1.29 is 0 Å². The van der Waals surface area contributed by atoms with Crippen LogP contribution in [-0.2, 0) is 6.42 Å². The van der Waals surface area contributed by atoms with Crippen LogP contribution in [0.25, 0.3) is 0 Å². The second kappa shape index (κ2) is 4.45. The van der Waals surface area contributed by atoms with Crippen LogP contribution >= 0.6 is 11.3 Å². The van der Waals surface area contributed by atoms with E-state index in [0.29, 0.717) is 6.04 Å². The molecular formula is C12H19NS. The Morgan fingerprint density at radius 1 is 1.57 bits per heavy atom. The molecule has 1 heterocycles. The molecule has 0 saturated heterocycles. The van der Waals surface area contributed by atoms with Crippen molar-refractivity contribution in [2.45, 2.75) is 32.2 Å². The van der Waals surface area contributed by atoms with E-state index >= 15 is 0 Å². The van der Waals surface area contributed by atoms with Gasteiger partial charge in [0, 0.05) is 10.9 Å². The highest BCUT2D eigenvalue weighted by atomic mass is 32.1. The molecule has 1 N–H and O–H groups in total. The van der Waals surface area contributed by atoms with Gasteiger partial charge in [-0.25, -0.2) is 0 Å². The minimum absolute atomic E-state index is 0.668. The zero-order valence-corrected chi connectivity index (χ0v) is 9.81. The molecule has 0 aliphatic heterocycles. The molecular weight excluding hydrogens is 190 g/mol. The van der Waals surface area contributed by atoms with E-state index in [1.54, 1.807) is 0 Å². The third kappa shape index (κ3) is 2.37. The number of likely N-dealkylation sites (N-methyl/N-ethyl adjacent to an activating group) is 1. The van der Waals surface area contributed by atoms with Gasteiger partial charge < -0.3 is 5.32 Å². The Bertz CT molecular complexity index is 264. The van der Waals surface area contributed by atoms with Crippen LogP contribution in [0.15, 0.2) is 17.5 Å². The van der Waals surface area contributed by atoms with Gasteiger partial charge in [0.25, 0.3) is 0 Å². The van der Waals surface area contributed by atoms with Crippen molar-refractivity contribution in [2.24, 2.45) is 11.8 Å². The Morgan fingerprint density at radius 3 is 2.86 bits per heavy atom. The van der Waals surface area contributed by atoms with Gasteiger partial charge in [0.1, 0.15) is 0 Å². The van der Waals surface area contributed by atoms with Crippen molar-refractivity contribution in [1.29, 1.82) is 0 Å². The highest BCUT2D eigenvalue weighted by Crippen LogP contribution is 2.38. The lowest BCUT2D eigenvalue weighted by atomic mass is 9.94. The molecule has 2 rings (SSSR count). The Balaban J connectivity index is 1.92. The smallest absolute Gasteiger partial charge is 0.0141 e. The number of hydrogen-bond donors (Lipinski definition) is 1. The van der Waals surface area contributed by atoms with Crippen molar-refractivity contribution in [1.82, 2.24) is 5.32 Å². The average molecular weight is 209 g/mol. The summed E-state index contributed by atoms with van der Waals surface area (Å²) in [5.74, 6) is 1.83. The zero-order valence-electron chi connectivity index (χ0n) is 8.99. The molecule has 2 heteroatoms. The molecule has 0 spiro atoms. The van der Waals surface area contributed by atoms with Gasteiger partial charge in [-0.2, -0.15) is 0 Å². The van der Waals surface area contributed by atoms with Crippen molar-refractivity contribution in [2.75, 3.05) is 7.05 Å². The van der Waals surface area contributed by atoms with Crippen LogP contribution in [0.1, 0.15) is 24.6 Å². The molecule has 14 heavy (non-hydrogen) atoms. The Morgan fingerprint density at radius 2 is 2.36 bits per heavy atom. The first-order valence-corrected chi connectivity index (χ1v) is 6.39. The summed E-state index contributed by atoms with van der Waals surface area (Å²) in [6, 6.07) is 5.06. The van der Waals surface area contributed by atoms with E-state index in [9.17, 15) is 0 Å². The average Bonchev–Trinajstić information content (AvgIpc) is 2.93. The molecule has 2 atom stereocenters. The molecule has 1 aliphatic rings. The maximum Gasteiger partial charge on any atom is 0.0141 e. The van der Waals surface area contributed by atoms with E-state index in [4.69, 9.17) is 0 Å². The van der Waals surface area contributed by atoms with Crippen LogP contribution < -0.4 is 5.32 Å². The molecule has 1 aliphatic carbocycles. The van der Waals surface area contributed by atoms with E-state index in [1.165, 1.54) is 24.1 Å². The maximum atomic E-state index is 3.47. The monoisotopic (exact) mass is 209 g/mol. The van der Waals surface area contributed by atoms with Gasteiger partial charge in [0.05, 0.1) is 0 Å². The first kappa shape index (κ1) is 10.2. The van der Waals surface area contributed by atoms with Gasteiger partial charge >= 0.3 is 0 Å². The van der Waals surface area contributed by atoms with Crippen molar-refractivity contribution in [3.63, 3.8) is 0 Å². The lowest BCUT2D eigenvalue weighted by Crippen LogP contribution is -2.34. The fourth-order valence-electron chi connectivity index (χ4n) is 2.15. The first-order valence-electron chi connectivity index (χ1n) is 5.51. The third-order valence-electron chi connectivity index (χ3n) is 3.37. The second-order valence-electron chi connectivity index (χ2n) is 4.38. The highest BCUT2D eigenvalue weighted by Gasteiger charge is 2.32. The van der Waals surface area contributed by atoms with Gasteiger partial charge in [-0.05, 0) is 49.6 Å². The molecule has 1 saturated carbocycles. The second-order valence-corrected chi connectivity index (χ2v) is 5.41. The Kier molecular flexibility index (Phi) is 3.24. The predicted octanol–water partition coefficient (Wildman–Crippen LogP) is 2.92. The molecule has 1 aromatic rings. The summed E-state index contributed by atoms with van der Waals surface area (Å²) in [5.41, 5.74) is 0. The highest BCUT2D eigenvalue weighted by molar-refractivity contribution is 7.09.